The molecule has 8 heteroatoms. The SMILES string of the molecule is O=C(O)c1sc(-c2ccccc2)cc1N1C(=O)CN(Cc2ccc(Cl)nc2)C[C@H]1C1CCCCC1. The summed E-state index contributed by atoms with van der Waals surface area (Å²) in [5.74, 6) is -0.689. The molecule has 35 heavy (non-hydrogen) atoms. The van der Waals surface area contributed by atoms with Crippen molar-refractivity contribution in [3.63, 3.8) is 0 Å². The third kappa shape index (κ3) is 5.27. The number of rotatable bonds is 6. The molecule has 1 amide bonds. The number of hydrogen-bond donors (Lipinski definition) is 1. The molecule has 0 radical (unpaired) electrons. The van der Waals surface area contributed by atoms with Gasteiger partial charge in [0.1, 0.15) is 10.0 Å². The normalized spacial score (nSPS) is 19.7. The maximum absolute atomic E-state index is 13.7. The molecule has 2 fully saturated rings. The number of aromatic nitrogens is 1. The highest BCUT2D eigenvalue weighted by atomic mass is 35.5. The lowest BCUT2D eigenvalue weighted by Gasteiger charge is -2.45. The van der Waals surface area contributed by atoms with E-state index in [0.717, 1.165) is 41.7 Å². The zero-order chi connectivity index (χ0) is 24.4. The highest BCUT2D eigenvalue weighted by Crippen LogP contribution is 2.41. The molecule has 1 aromatic carbocycles. The number of thiophene rings is 1. The minimum atomic E-state index is -0.989. The van der Waals surface area contributed by atoms with Crippen LogP contribution in [0.25, 0.3) is 10.4 Å². The Morgan fingerprint density at radius 3 is 2.57 bits per heavy atom. The molecule has 3 aromatic rings. The van der Waals surface area contributed by atoms with Crippen LogP contribution in [-0.2, 0) is 11.3 Å². The van der Waals surface area contributed by atoms with Gasteiger partial charge in [-0.2, -0.15) is 0 Å². The molecular formula is C27H28ClN3O3S. The van der Waals surface area contributed by atoms with Gasteiger partial charge in [0.25, 0.3) is 0 Å². The van der Waals surface area contributed by atoms with Gasteiger partial charge in [-0.25, -0.2) is 9.78 Å². The van der Waals surface area contributed by atoms with Gasteiger partial charge < -0.3 is 10.0 Å². The Morgan fingerprint density at radius 1 is 1.11 bits per heavy atom. The van der Waals surface area contributed by atoms with E-state index in [9.17, 15) is 14.7 Å². The van der Waals surface area contributed by atoms with Crippen molar-refractivity contribution in [3.05, 3.63) is 70.3 Å². The van der Waals surface area contributed by atoms with Crippen molar-refractivity contribution in [2.75, 3.05) is 18.0 Å². The average Bonchev–Trinajstić information content (AvgIpc) is 3.32. The smallest absolute Gasteiger partial charge is 0.348 e. The Balaban J connectivity index is 1.49. The summed E-state index contributed by atoms with van der Waals surface area (Å²) in [6.07, 6.45) is 7.38. The zero-order valence-electron chi connectivity index (χ0n) is 19.4. The van der Waals surface area contributed by atoms with E-state index >= 15 is 0 Å². The maximum atomic E-state index is 13.7. The van der Waals surface area contributed by atoms with Crippen molar-refractivity contribution < 1.29 is 14.7 Å². The standard InChI is InChI=1S/C27H28ClN3O3S/c28-24-12-11-18(14-29-24)15-30-16-22(19-7-3-1-4-8-19)31(25(32)17-30)21-13-23(35-26(21)27(33)34)20-9-5-2-6-10-20/h2,5-6,9-14,19,22H,1,3-4,7-8,15-17H2,(H,33,34)/t22-/m0/s1. The second-order valence-electron chi connectivity index (χ2n) is 9.38. The van der Waals surface area contributed by atoms with Crippen molar-refractivity contribution in [1.82, 2.24) is 9.88 Å². The number of carbonyl (C=O) groups is 2. The molecule has 1 aliphatic carbocycles. The van der Waals surface area contributed by atoms with Crippen LogP contribution in [0.3, 0.4) is 0 Å². The first kappa shape index (κ1) is 24.0. The largest absolute Gasteiger partial charge is 0.477 e. The minimum absolute atomic E-state index is 0.0475. The van der Waals surface area contributed by atoms with Crippen LogP contribution in [-0.4, -0.2) is 46.0 Å². The summed E-state index contributed by atoms with van der Waals surface area (Å²) >= 11 is 7.19. The van der Waals surface area contributed by atoms with Gasteiger partial charge in [-0.3, -0.25) is 9.69 Å². The number of carboxylic acid groups (broad SMARTS) is 1. The van der Waals surface area contributed by atoms with Crippen LogP contribution in [0.4, 0.5) is 5.69 Å². The number of carbonyl (C=O) groups excluding carboxylic acids is 1. The summed E-state index contributed by atoms with van der Waals surface area (Å²) in [4.78, 5) is 35.2. The quantitative estimate of drug-likeness (QED) is 0.415. The van der Waals surface area contributed by atoms with E-state index in [2.05, 4.69) is 9.88 Å². The van der Waals surface area contributed by atoms with Gasteiger partial charge in [-0.15, -0.1) is 11.3 Å². The molecule has 2 aromatic heterocycles. The molecule has 0 bridgehead atoms. The second-order valence-corrected chi connectivity index (χ2v) is 10.8. The molecule has 1 aliphatic heterocycles. The Hall–Kier alpha value is -2.74. The lowest BCUT2D eigenvalue weighted by Crippen LogP contribution is -2.59. The maximum Gasteiger partial charge on any atom is 0.348 e. The number of nitrogens with zero attached hydrogens (tertiary/aromatic N) is 3. The monoisotopic (exact) mass is 509 g/mol. The fourth-order valence-electron chi connectivity index (χ4n) is 5.39. The number of hydrogen-bond acceptors (Lipinski definition) is 5. The van der Waals surface area contributed by atoms with Crippen molar-refractivity contribution in [3.8, 4) is 10.4 Å². The number of amides is 1. The van der Waals surface area contributed by atoms with Gasteiger partial charge in [0.2, 0.25) is 5.91 Å². The zero-order valence-corrected chi connectivity index (χ0v) is 21.0. The Morgan fingerprint density at radius 2 is 1.89 bits per heavy atom. The van der Waals surface area contributed by atoms with Crippen molar-refractivity contribution in [2.45, 2.75) is 44.7 Å². The van der Waals surface area contributed by atoms with Gasteiger partial charge in [0.15, 0.2) is 0 Å². The van der Waals surface area contributed by atoms with Crippen LogP contribution < -0.4 is 4.90 Å². The summed E-state index contributed by atoms with van der Waals surface area (Å²) in [5.41, 5.74) is 2.50. The molecule has 3 heterocycles. The molecule has 5 rings (SSSR count). The van der Waals surface area contributed by atoms with Gasteiger partial charge in [-0.1, -0.05) is 67.3 Å². The molecule has 182 valence electrons. The molecule has 0 unspecified atom stereocenters. The molecule has 1 saturated heterocycles. The summed E-state index contributed by atoms with van der Waals surface area (Å²) in [6.45, 7) is 1.55. The fourth-order valence-corrected chi connectivity index (χ4v) is 6.50. The number of benzene rings is 1. The van der Waals surface area contributed by atoms with Crippen LogP contribution in [0.2, 0.25) is 5.15 Å². The fraction of sp³-hybridized carbons (Fsp3) is 0.370. The number of carboxylic acids is 1. The highest BCUT2D eigenvalue weighted by Gasteiger charge is 2.40. The molecule has 2 aliphatic rings. The first-order valence-corrected chi connectivity index (χ1v) is 13.3. The topological polar surface area (TPSA) is 73.7 Å². The van der Waals surface area contributed by atoms with Gasteiger partial charge in [-0.05, 0) is 42.0 Å². The van der Waals surface area contributed by atoms with E-state index in [1.807, 2.05) is 47.4 Å². The van der Waals surface area contributed by atoms with E-state index in [0.29, 0.717) is 29.8 Å². The summed E-state index contributed by atoms with van der Waals surface area (Å²) in [5, 5.41) is 10.5. The van der Waals surface area contributed by atoms with Crippen LogP contribution >= 0.6 is 22.9 Å². The van der Waals surface area contributed by atoms with E-state index < -0.39 is 5.97 Å². The number of aromatic carboxylic acids is 1. The molecule has 1 N–H and O–H groups in total. The molecule has 1 atom stereocenters. The van der Waals surface area contributed by atoms with E-state index in [1.54, 1.807) is 12.3 Å². The van der Waals surface area contributed by atoms with Crippen LogP contribution in [0.15, 0.2) is 54.7 Å². The predicted molar refractivity (Wildman–Crippen MR) is 139 cm³/mol. The minimum Gasteiger partial charge on any atom is -0.477 e. The van der Waals surface area contributed by atoms with Crippen LogP contribution in [0, 0.1) is 5.92 Å². The number of piperazine rings is 1. The van der Waals surface area contributed by atoms with Crippen LogP contribution in [0.5, 0.6) is 0 Å². The van der Waals surface area contributed by atoms with Gasteiger partial charge in [0.05, 0.1) is 18.3 Å². The first-order valence-electron chi connectivity index (χ1n) is 12.1. The van der Waals surface area contributed by atoms with Crippen molar-refractivity contribution in [2.24, 2.45) is 5.92 Å². The number of pyridine rings is 1. The van der Waals surface area contributed by atoms with E-state index in [-0.39, 0.29) is 23.4 Å². The summed E-state index contributed by atoms with van der Waals surface area (Å²) in [6, 6.07) is 15.3. The highest BCUT2D eigenvalue weighted by molar-refractivity contribution is 7.18. The summed E-state index contributed by atoms with van der Waals surface area (Å²) < 4.78 is 0. The Bertz CT molecular complexity index is 1190. The van der Waals surface area contributed by atoms with Crippen molar-refractivity contribution in [1.29, 1.82) is 0 Å². The average molecular weight is 510 g/mol. The molecular weight excluding hydrogens is 482 g/mol. The molecule has 6 nitrogen and oxygen atoms in total. The first-order chi connectivity index (χ1) is 17.0. The van der Waals surface area contributed by atoms with E-state index in [4.69, 9.17) is 11.6 Å². The van der Waals surface area contributed by atoms with Gasteiger partial charge in [0, 0.05) is 24.2 Å². The lowest BCUT2D eigenvalue weighted by molar-refractivity contribution is -0.123. The van der Waals surface area contributed by atoms with E-state index in [1.165, 1.54) is 17.8 Å². The summed E-state index contributed by atoms with van der Waals surface area (Å²) in [7, 11) is 0. The molecule has 0 spiro atoms. The number of anilines is 1. The Labute approximate surface area is 214 Å². The van der Waals surface area contributed by atoms with Gasteiger partial charge >= 0.3 is 5.97 Å². The second kappa shape index (κ2) is 10.5. The number of halogens is 1. The predicted octanol–water partition coefficient (Wildman–Crippen LogP) is 5.96. The lowest BCUT2D eigenvalue weighted by atomic mass is 9.82. The van der Waals surface area contributed by atoms with Crippen molar-refractivity contribution >= 4 is 40.5 Å². The third-order valence-electron chi connectivity index (χ3n) is 7.02. The third-order valence-corrected chi connectivity index (χ3v) is 8.40. The van der Waals surface area contributed by atoms with Crippen LogP contribution in [0.1, 0.15) is 47.3 Å². The Kier molecular flexibility index (Phi) is 7.18. The molecule has 1 saturated carbocycles.